The number of nitrogens with two attached hydrogens (primary N) is 1. The Morgan fingerprint density at radius 3 is 2.35 bits per heavy atom. The molecule has 0 saturated carbocycles. The Morgan fingerprint density at radius 2 is 1.94 bits per heavy atom. The van der Waals surface area contributed by atoms with Crippen LogP contribution in [0.1, 0.15) is 27.2 Å². The van der Waals surface area contributed by atoms with Gasteiger partial charge < -0.3 is 11.1 Å². The van der Waals surface area contributed by atoms with Gasteiger partial charge in [-0.15, -0.1) is 0 Å². The summed E-state index contributed by atoms with van der Waals surface area (Å²) >= 11 is 0. The molecule has 0 aliphatic carbocycles. The highest BCUT2D eigenvalue weighted by molar-refractivity contribution is 7.90. The minimum atomic E-state index is -3.20. The van der Waals surface area contributed by atoms with E-state index < -0.39 is 9.84 Å². The zero-order chi connectivity index (χ0) is 13.3. The fourth-order valence-corrected chi connectivity index (χ4v) is 1.99. The van der Waals surface area contributed by atoms with Gasteiger partial charge in [0.05, 0.1) is 16.3 Å². The molecule has 0 radical (unpaired) electrons. The van der Waals surface area contributed by atoms with Gasteiger partial charge in [-0.1, -0.05) is 6.92 Å². The lowest BCUT2D eigenvalue weighted by atomic mass is 10.0. The zero-order valence-corrected chi connectivity index (χ0v) is 11.6. The molecule has 0 fully saturated rings. The van der Waals surface area contributed by atoms with E-state index in [0.29, 0.717) is 5.69 Å². The Balaban J connectivity index is 3.07. The molecule has 3 N–H and O–H groups in total. The van der Waals surface area contributed by atoms with Gasteiger partial charge in [-0.2, -0.15) is 0 Å². The first-order valence-corrected chi connectivity index (χ1v) is 7.42. The molecule has 0 aliphatic rings. The summed E-state index contributed by atoms with van der Waals surface area (Å²) in [7, 11) is -3.20. The van der Waals surface area contributed by atoms with Gasteiger partial charge in [-0.3, -0.25) is 0 Å². The summed E-state index contributed by atoms with van der Waals surface area (Å²) in [6, 6.07) is 4.77. The van der Waals surface area contributed by atoms with Crippen molar-refractivity contribution in [2.75, 3.05) is 17.3 Å². The summed E-state index contributed by atoms with van der Waals surface area (Å²) in [6.07, 6.45) is 2.12. The van der Waals surface area contributed by atoms with Crippen molar-refractivity contribution in [3.05, 3.63) is 18.2 Å². The second kappa shape index (κ2) is 4.56. The predicted molar refractivity (Wildman–Crippen MR) is 72.0 cm³/mol. The predicted octanol–water partition coefficient (Wildman–Crippen LogP) is 2.27. The van der Waals surface area contributed by atoms with E-state index in [-0.39, 0.29) is 10.4 Å². The first-order chi connectivity index (χ1) is 7.65. The SMILES string of the molecule is CCC(C)(C)Nc1ccc(S(C)(=O)=O)cc1N. The van der Waals surface area contributed by atoms with E-state index in [2.05, 4.69) is 26.1 Å². The Hall–Kier alpha value is -1.23. The second-order valence-electron chi connectivity index (χ2n) is 4.88. The Bertz CT molecular complexity index is 507. The van der Waals surface area contributed by atoms with Crippen LogP contribution in [0.4, 0.5) is 11.4 Å². The van der Waals surface area contributed by atoms with Gasteiger partial charge in [0.25, 0.3) is 0 Å². The highest BCUT2D eigenvalue weighted by Gasteiger charge is 2.16. The van der Waals surface area contributed by atoms with E-state index in [1.54, 1.807) is 12.1 Å². The lowest BCUT2D eigenvalue weighted by Crippen LogP contribution is -2.30. The molecule has 0 heterocycles. The number of sulfone groups is 1. The van der Waals surface area contributed by atoms with Gasteiger partial charge in [0.1, 0.15) is 0 Å². The van der Waals surface area contributed by atoms with Gasteiger partial charge in [0, 0.05) is 11.8 Å². The van der Waals surface area contributed by atoms with Gasteiger partial charge in [-0.25, -0.2) is 8.42 Å². The first-order valence-electron chi connectivity index (χ1n) is 5.53. The molecular formula is C12H20N2O2S. The monoisotopic (exact) mass is 256 g/mol. The number of nitrogen functional groups attached to an aromatic ring is 1. The topological polar surface area (TPSA) is 72.2 Å². The van der Waals surface area contributed by atoms with Crippen LogP contribution in [0.5, 0.6) is 0 Å². The molecule has 96 valence electrons. The number of benzene rings is 1. The Kier molecular flexibility index (Phi) is 3.71. The number of anilines is 2. The van der Waals surface area contributed by atoms with Crippen LogP contribution in [0.2, 0.25) is 0 Å². The fourth-order valence-electron chi connectivity index (χ4n) is 1.34. The van der Waals surface area contributed by atoms with Gasteiger partial charge in [-0.05, 0) is 38.5 Å². The molecule has 0 aliphatic heterocycles. The second-order valence-corrected chi connectivity index (χ2v) is 6.90. The van der Waals surface area contributed by atoms with Crippen LogP contribution < -0.4 is 11.1 Å². The van der Waals surface area contributed by atoms with E-state index in [4.69, 9.17) is 5.73 Å². The van der Waals surface area contributed by atoms with Crippen LogP contribution in [0, 0.1) is 0 Å². The molecule has 17 heavy (non-hydrogen) atoms. The van der Waals surface area contributed by atoms with Crippen molar-refractivity contribution in [3.8, 4) is 0 Å². The minimum Gasteiger partial charge on any atom is -0.397 e. The van der Waals surface area contributed by atoms with Crippen molar-refractivity contribution in [3.63, 3.8) is 0 Å². The minimum absolute atomic E-state index is 0.0687. The summed E-state index contributed by atoms with van der Waals surface area (Å²) in [4.78, 5) is 0.245. The number of rotatable bonds is 4. The average molecular weight is 256 g/mol. The summed E-state index contributed by atoms with van der Waals surface area (Å²) in [5.41, 5.74) is 7.01. The van der Waals surface area contributed by atoms with Crippen molar-refractivity contribution in [2.45, 2.75) is 37.6 Å². The highest BCUT2D eigenvalue weighted by Crippen LogP contribution is 2.26. The molecular weight excluding hydrogens is 236 g/mol. The smallest absolute Gasteiger partial charge is 0.175 e. The molecule has 0 atom stereocenters. The van der Waals surface area contributed by atoms with E-state index in [0.717, 1.165) is 12.1 Å². The molecule has 4 nitrogen and oxygen atoms in total. The molecule has 0 amide bonds. The standard InChI is InChI=1S/C12H20N2O2S/c1-5-12(2,3)14-11-7-6-9(8-10(11)13)17(4,15)16/h6-8,14H,5,13H2,1-4H3. The third-order valence-corrected chi connectivity index (χ3v) is 3.92. The molecule has 1 aromatic rings. The van der Waals surface area contributed by atoms with E-state index in [9.17, 15) is 8.42 Å². The maximum atomic E-state index is 11.4. The summed E-state index contributed by atoms with van der Waals surface area (Å²) in [5, 5.41) is 3.30. The van der Waals surface area contributed by atoms with Crippen molar-refractivity contribution < 1.29 is 8.42 Å². The molecule has 0 bridgehead atoms. The van der Waals surface area contributed by atoms with Crippen molar-refractivity contribution >= 4 is 21.2 Å². The quantitative estimate of drug-likeness (QED) is 0.811. The van der Waals surface area contributed by atoms with Gasteiger partial charge in [0.2, 0.25) is 0 Å². The van der Waals surface area contributed by atoms with Crippen LogP contribution >= 0.6 is 0 Å². The number of hydrogen-bond acceptors (Lipinski definition) is 4. The third-order valence-electron chi connectivity index (χ3n) is 2.81. The molecule has 5 heteroatoms. The third kappa shape index (κ3) is 3.63. The van der Waals surface area contributed by atoms with E-state index in [1.165, 1.54) is 12.3 Å². The number of nitrogens with one attached hydrogen (secondary N) is 1. The van der Waals surface area contributed by atoms with Crippen molar-refractivity contribution in [2.24, 2.45) is 0 Å². The molecule has 0 spiro atoms. The molecule has 0 aromatic heterocycles. The van der Waals surface area contributed by atoms with Crippen LogP contribution in [-0.4, -0.2) is 20.2 Å². The van der Waals surface area contributed by atoms with Crippen LogP contribution in [0.15, 0.2) is 23.1 Å². The normalized spacial score (nSPS) is 12.5. The molecule has 1 rings (SSSR count). The van der Waals surface area contributed by atoms with Gasteiger partial charge in [0.15, 0.2) is 9.84 Å². The zero-order valence-electron chi connectivity index (χ0n) is 10.7. The molecule has 0 unspecified atom stereocenters. The average Bonchev–Trinajstić information content (AvgIpc) is 2.19. The van der Waals surface area contributed by atoms with Crippen LogP contribution in [0.25, 0.3) is 0 Å². The lowest BCUT2D eigenvalue weighted by Gasteiger charge is -2.26. The van der Waals surface area contributed by atoms with Gasteiger partial charge >= 0.3 is 0 Å². The first kappa shape index (κ1) is 13.8. The largest absolute Gasteiger partial charge is 0.397 e. The van der Waals surface area contributed by atoms with E-state index in [1.807, 2.05) is 0 Å². The Morgan fingerprint density at radius 1 is 1.35 bits per heavy atom. The van der Waals surface area contributed by atoms with Crippen molar-refractivity contribution in [1.82, 2.24) is 0 Å². The highest BCUT2D eigenvalue weighted by atomic mass is 32.2. The Labute approximate surface area is 103 Å². The fraction of sp³-hybridized carbons (Fsp3) is 0.500. The van der Waals surface area contributed by atoms with E-state index >= 15 is 0 Å². The molecule has 0 saturated heterocycles. The summed E-state index contributed by atoms with van der Waals surface area (Å²) in [6.45, 7) is 6.21. The maximum Gasteiger partial charge on any atom is 0.175 e. The summed E-state index contributed by atoms with van der Waals surface area (Å²) in [5.74, 6) is 0. The maximum absolute atomic E-state index is 11.4. The van der Waals surface area contributed by atoms with Crippen molar-refractivity contribution in [1.29, 1.82) is 0 Å². The molecule has 1 aromatic carbocycles. The summed E-state index contributed by atoms with van der Waals surface area (Å²) < 4.78 is 22.7. The van der Waals surface area contributed by atoms with Crippen LogP contribution in [0.3, 0.4) is 0 Å². The lowest BCUT2D eigenvalue weighted by molar-refractivity contribution is 0.547. The van der Waals surface area contributed by atoms with Crippen LogP contribution in [-0.2, 0) is 9.84 Å². The number of hydrogen-bond donors (Lipinski definition) is 2.